The molecule has 0 saturated heterocycles. The van der Waals surface area contributed by atoms with Gasteiger partial charge in [-0.3, -0.25) is 4.79 Å². The Morgan fingerprint density at radius 3 is 2.73 bits per heavy atom. The Kier molecular flexibility index (Phi) is 3.49. The number of hydrogen-bond donors (Lipinski definition) is 2. The van der Waals surface area contributed by atoms with Gasteiger partial charge in [-0.2, -0.15) is 0 Å². The zero-order valence-electron chi connectivity index (χ0n) is 7.83. The van der Waals surface area contributed by atoms with Gasteiger partial charge in [-0.1, -0.05) is 17.7 Å². The lowest BCUT2D eigenvalue weighted by molar-refractivity contribution is -0.138. The molecule has 1 aromatic carbocycles. The predicted octanol–water partition coefficient (Wildman–Crippen LogP) is 1.57. The molecule has 0 fully saturated rings. The Bertz CT molecular complexity index is 397. The third-order valence-corrected chi connectivity index (χ3v) is 2.25. The molecule has 0 aliphatic carbocycles. The zero-order valence-corrected chi connectivity index (χ0v) is 8.58. The van der Waals surface area contributed by atoms with Crippen LogP contribution in [0.5, 0.6) is 5.75 Å². The van der Waals surface area contributed by atoms with E-state index in [1.54, 1.807) is 0 Å². The molecule has 0 radical (unpaired) electrons. The molecule has 0 spiro atoms. The van der Waals surface area contributed by atoms with Gasteiger partial charge in [0, 0.05) is 5.56 Å². The van der Waals surface area contributed by atoms with E-state index in [9.17, 15) is 9.18 Å². The number of aliphatic carboxylic acids is 1. The van der Waals surface area contributed by atoms with E-state index in [0.29, 0.717) is 0 Å². The maximum Gasteiger partial charge on any atom is 0.325 e. The van der Waals surface area contributed by atoms with Crippen LogP contribution in [-0.4, -0.2) is 18.2 Å². The van der Waals surface area contributed by atoms with Gasteiger partial charge in [0.05, 0.1) is 7.11 Å². The lowest BCUT2D eigenvalue weighted by atomic mass is 10.1. The maximum atomic E-state index is 13.5. The van der Waals surface area contributed by atoms with E-state index in [2.05, 4.69) is 0 Å². The van der Waals surface area contributed by atoms with Gasteiger partial charge in [0.25, 0.3) is 0 Å². The van der Waals surface area contributed by atoms with Crippen molar-refractivity contribution in [3.63, 3.8) is 0 Å². The van der Waals surface area contributed by atoms with Gasteiger partial charge in [-0.05, 0) is 6.07 Å². The minimum Gasteiger partial charge on any atom is -0.495 e. The highest BCUT2D eigenvalue weighted by Crippen LogP contribution is 2.31. The number of methoxy groups -OCH3 is 1. The molecule has 4 nitrogen and oxygen atoms in total. The third kappa shape index (κ3) is 2.19. The highest BCUT2D eigenvalue weighted by Gasteiger charge is 2.21. The van der Waals surface area contributed by atoms with Crippen LogP contribution < -0.4 is 10.5 Å². The van der Waals surface area contributed by atoms with Crippen LogP contribution >= 0.6 is 11.6 Å². The van der Waals surface area contributed by atoms with E-state index >= 15 is 0 Å². The van der Waals surface area contributed by atoms with Crippen LogP contribution in [0.15, 0.2) is 12.1 Å². The van der Waals surface area contributed by atoms with Crippen molar-refractivity contribution >= 4 is 17.6 Å². The SMILES string of the molecule is COc1ccc(C(N)C(=O)O)c(F)c1Cl. The highest BCUT2D eigenvalue weighted by molar-refractivity contribution is 6.32. The van der Waals surface area contributed by atoms with Gasteiger partial charge < -0.3 is 15.6 Å². The number of carboxylic acid groups (broad SMARTS) is 1. The van der Waals surface area contributed by atoms with Crippen molar-refractivity contribution < 1.29 is 19.0 Å². The summed E-state index contributed by atoms with van der Waals surface area (Å²) in [5.74, 6) is -2.06. The van der Waals surface area contributed by atoms with Gasteiger partial charge >= 0.3 is 5.97 Å². The molecular weight excluding hydrogens is 225 g/mol. The van der Waals surface area contributed by atoms with Gasteiger partial charge in [0.1, 0.15) is 16.8 Å². The second-order valence-corrected chi connectivity index (χ2v) is 3.18. The van der Waals surface area contributed by atoms with E-state index in [4.69, 9.17) is 27.2 Å². The van der Waals surface area contributed by atoms with E-state index < -0.39 is 17.8 Å². The second-order valence-electron chi connectivity index (χ2n) is 2.80. The predicted molar refractivity (Wildman–Crippen MR) is 52.5 cm³/mol. The van der Waals surface area contributed by atoms with Crippen molar-refractivity contribution in [1.82, 2.24) is 0 Å². The molecule has 0 heterocycles. The number of ether oxygens (including phenoxy) is 1. The molecule has 1 unspecified atom stereocenters. The normalized spacial score (nSPS) is 12.3. The molecule has 1 rings (SSSR count). The second kappa shape index (κ2) is 4.46. The lowest BCUT2D eigenvalue weighted by Crippen LogP contribution is -2.22. The van der Waals surface area contributed by atoms with Crippen LogP contribution in [0.25, 0.3) is 0 Å². The molecule has 3 N–H and O–H groups in total. The van der Waals surface area contributed by atoms with Gasteiger partial charge in [-0.25, -0.2) is 4.39 Å². The van der Waals surface area contributed by atoms with Crippen LogP contribution in [0.3, 0.4) is 0 Å². The first-order valence-electron chi connectivity index (χ1n) is 3.99. The summed E-state index contributed by atoms with van der Waals surface area (Å²) in [4.78, 5) is 10.6. The summed E-state index contributed by atoms with van der Waals surface area (Å²) < 4.78 is 18.3. The molecular formula is C9H9ClFNO3. The van der Waals surface area contributed by atoms with E-state index in [1.165, 1.54) is 19.2 Å². The third-order valence-electron chi connectivity index (χ3n) is 1.90. The summed E-state index contributed by atoms with van der Waals surface area (Å²) in [7, 11) is 1.33. The molecule has 0 aliphatic heterocycles. The summed E-state index contributed by atoms with van der Waals surface area (Å²) in [5.41, 5.74) is 5.09. The smallest absolute Gasteiger partial charge is 0.325 e. The molecule has 0 saturated carbocycles. The first-order chi connectivity index (χ1) is 6.99. The number of rotatable bonds is 3. The minimum atomic E-state index is -1.44. The fourth-order valence-corrected chi connectivity index (χ4v) is 1.33. The number of carboxylic acids is 1. The van der Waals surface area contributed by atoms with E-state index in [1.807, 2.05) is 0 Å². The van der Waals surface area contributed by atoms with E-state index in [-0.39, 0.29) is 16.3 Å². The van der Waals surface area contributed by atoms with Crippen LogP contribution in [0.1, 0.15) is 11.6 Å². The largest absolute Gasteiger partial charge is 0.495 e. The van der Waals surface area contributed by atoms with Gasteiger partial charge in [0.2, 0.25) is 0 Å². The number of halogens is 2. The van der Waals surface area contributed by atoms with Crippen molar-refractivity contribution in [2.45, 2.75) is 6.04 Å². The van der Waals surface area contributed by atoms with Crippen molar-refractivity contribution in [3.8, 4) is 5.75 Å². The molecule has 1 aromatic rings. The lowest BCUT2D eigenvalue weighted by Gasteiger charge is -2.11. The highest BCUT2D eigenvalue weighted by atomic mass is 35.5. The van der Waals surface area contributed by atoms with Crippen LogP contribution in [0.2, 0.25) is 5.02 Å². The monoisotopic (exact) mass is 233 g/mol. The number of benzene rings is 1. The topological polar surface area (TPSA) is 72.5 Å². The van der Waals surface area contributed by atoms with Gasteiger partial charge in [-0.15, -0.1) is 0 Å². The molecule has 82 valence electrons. The van der Waals surface area contributed by atoms with Crippen molar-refractivity contribution in [2.75, 3.05) is 7.11 Å². The average molecular weight is 234 g/mol. The summed E-state index contributed by atoms with van der Waals surface area (Å²) in [5, 5.41) is 8.34. The first kappa shape index (κ1) is 11.7. The molecule has 0 aromatic heterocycles. The van der Waals surface area contributed by atoms with Gasteiger partial charge in [0.15, 0.2) is 5.82 Å². The van der Waals surface area contributed by atoms with Crippen LogP contribution in [0, 0.1) is 5.82 Å². The zero-order chi connectivity index (χ0) is 11.6. The number of carbonyl (C=O) groups is 1. The Balaban J connectivity index is 3.23. The van der Waals surface area contributed by atoms with Crippen molar-refractivity contribution in [3.05, 3.63) is 28.5 Å². The first-order valence-corrected chi connectivity index (χ1v) is 4.37. The Labute approximate surface area is 90.4 Å². The summed E-state index contributed by atoms with van der Waals surface area (Å²) in [6.45, 7) is 0. The Morgan fingerprint density at radius 2 is 2.27 bits per heavy atom. The Morgan fingerprint density at radius 1 is 1.67 bits per heavy atom. The molecule has 15 heavy (non-hydrogen) atoms. The number of nitrogens with two attached hydrogens (primary N) is 1. The minimum absolute atomic E-state index is 0.135. The quantitative estimate of drug-likeness (QED) is 0.831. The molecule has 1 atom stereocenters. The molecule has 0 bridgehead atoms. The fraction of sp³-hybridized carbons (Fsp3) is 0.222. The average Bonchev–Trinajstić information content (AvgIpc) is 2.21. The standard InChI is InChI=1S/C9H9ClFNO3/c1-15-5-3-2-4(7(11)6(5)10)8(12)9(13)14/h2-3,8H,12H2,1H3,(H,13,14). The van der Waals surface area contributed by atoms with Crippen LogP contribution in [-0.2, 0) is 4.79 Å². The summed E-state index contributed by atoms with van der Waals surface area (Å²) in [6.07, 6.45) is 0. The molecule has 0 aliphatic rings. The summed E-state index contributed by atoms with van der Waals surface area (Å²) in [6, 6.07) is 1.16. The molecule has 6 heteroatoms. The van der Waals surface area contributed by atoms with Crippen LogP contribution in [0.4, 0.5) is 4.39 Å². The maximum absolute atomic E-state index is 13.5. The van der Waals surface area contributed by atoms with Crippen molar-refractivity contribution in [2.24, 2.45) is 5.73 Å². The Hall–Kier alpha value is -1.33. The summed E-state index contributed by atoms with van der Waals surface area (Å²) >= 11 is 5.60. The fourth-order valence-electron chi connectivity index (χ4n) is 1.08. The van der Waals surface area contributed by atoms with E-state index in [0.717, 1.165) is 0 Å². The molecule has 0 amide bonds. The number of hydrogen-bond acceptors (Lipinski definition) is 3. The van der Waals surface area contributed by atoms with Crippen molar-refractivity contribution in [1.29, 1.82) is 0 Å².